The Kier molecular flexibility index (Phi) is 11.0. The molecule has 0 radical (unpaired) electrons. The number of carbonyl (C=O) groups is 2. The van der Waals surface area contributed by atoms with Crippen molar-refractivity contribution < 1.29 is 36.5 Å². The molecule has 230 valence electrons. The van der Waals surface area contributed by atoms with Crippen LogP contribution in [0.15, 0.2) is 78.9 Å². The smallest absolute Gasteiger partial charge is 0.407 e. The van der Waals surface area contributed by atoms with Crippen LogP contribution in [0.4, 0.5) is 4.79 Å². The Morgan fingerprint density at radius 1 is 0.837 bits per heavy atom. The highest BCUT2D eigenvalue weighted by atomic mass is 32.2. The molecule has 1 aliphatic rings. The molecule has 0 saturated carbocycles. The van der Waals surface area contributed by atoms with Gasteiger partial charge in [-0.15, -0.1) is 0 Å². The van der Waals surface area contributed by atoms with Gasteiger partial charge >= 0.3 is 12.1 Å². The monoisotopic (exact) mass is 608 g/mol. The van der Waals surface area contributed by atoms with E-state index >= 15 is 0 Å². The lowest BCUT2D eigenvalue weighted by Crippen LogP contribution is -2.43. The minimum absolute atomic E-state index is 0.0923. The highest BCUT2D eigenvalue weighted by molar-refractivity contribution is 7.85. The molecule has 0 fully saturated rings. The fraction of sp³-hybridized carbons (Fsp3) is 0.394. The highest BCUT2D eigenvalue weighted by Gasteiger charge is 2.30. The number of alkyl carbamates (subject to hydrolysis) is 1. The molecular weight excluding hydrogens is 568 g/mol. The number of hydrogen-bond acceptors (Lipinski definition) is 7. The molecule has 1 aliphatic carbocycles. The number of fused-ring (bicyclic) bond motifs is 3. The van der Waals surface area contributed by atoms with E-state index in [2.05, 4.69) is 17.4 Å². The van der Waals surface area contributed by atoms with Crippen LogP contribution in [-0.4, -0.2) is 75.1 Å². The maximum absolute atomic E-state index is 13.1. The number of esters is 1. The molecule has 3 aromatic rings. The predicted octanol–water partition coefficient (Wildman–Crippen LogP) is 4.82. The van der Waals surface area contributed by atoms with Crippen LogP contribution in [0.3, 0.4) is 0 Å². The average molecular weight is 609 g/mol. The molecule has 3 aromatic carbocycles. The summed E-state index contributed by atoms with van der Waals surface area (Å²) in [6.45, 7) is 1.49. The van der Waals surface area contributed by atoms with E-state index in [1.165, 1.54) is 0 Å². The van der Waals surface area contributed by atoms with Crippen molar-refractivity contribution in [2.75, 3.05) is 39.5 Å². The first kappa shape index (κ1) is 32.2. The molecule has 0 aromatic heterocycles. The Bertz CT molecular complexity index is 1450. The van der Waals surface area contributed by atoms with Gasteiger partial charge in [0.05, 0.1) is 37.3 Å². The van der Waals surface area contributed by atoms with E-state index in [0.29, 0.717) is 23.9 Å². The van der Waals surface area contributed by atoms with Crippen molar-refractivity contribution in [3.63, 3.8) is 0 Å². The average Bonchev–Trinajstić information content (AvgIpc) is 3.29. The van der Waals surface area contributed by atoms with E-state index in [9.17, 15) is 22.6 Å². The van der Waals surface area contributed by atoms with Crippen LogP contribution in [0, 0.1) is 0 Å². The second-order valence-corrected chi connectivity index (χ2v) is 13.1. The zero-order valence-corrected chi connectivity index (χ0v) is 25.6. The van der Waals surface area contributed by atoms with Crippen molar-refractivity contribution in [3.05, 3.63) is 95.6 Å². The SMILES string of the molecule is C[N+](C)(CCCCC(NC(=O)OCC1c2ccccc2-c2ccccc21)C(=O)OCc1ccccc1)CCCS(=O)(=O)[O-]. The van der Waals surface area contributed by atoms with Gasteiger partial charge in [0, 0.05) is 18.1 Å². The second-order valence-electron chi connectivity index (χ2n) is 11.6. The Balaban J connectivity index is 1.33. The third-order valence-corrected chi connectivity index (χ3v) is 8.60. The van der Waals surface area contributed by atoms with E-state index in [1.807, 2.05) is 80.8 Å². The number of unbranched alkanes of at least 4 members (excludes halogenated alkanes) is 1. The van der Waals surface area contributed by atoms with E-state index in [4.69, 9.17) is 9.47 Å². The maximum Gasteiger partial charge on any atom is 0.407 e. The molecule has 0 aliphatic heterocycles. The minimum Gasteiger partial charge on any atom is -0.748 e. The van der Waals surface area contributed by atoms with Gasteiger partial charge in [-0.05, 0) is 47.1 Å². The van der Waals surface area contributed by atoms with Crippen molar-refractivity contribution in [1.82, 2.24) is 5.32 Å². The Morgan fingerprint density at radius 2 is 1.42 bits per heavy atom. The molecule has 10 heteroatoms. The summed E-state index contributed by atoms with van der Waals surface area (Å²) in [5.74, 6) is -1.02. The predicted molar refractivity (Wildman–Crippen MR) is 163 cm³/mol. The summed E-state index contributed by atoms with van der Waals surface area (Å²) in [5.41, 5.74) is 5.30. The Labute approximate surface area is 254 Å². The first-order valence-electron chi connectivity index (χ1n) is 14.6. The normalized spacial score (nSPS) is 13.6. The molecule has 1 N–H and O–H groups in total. The Morgan fingerprint density at radius 3 is 2.05 bits per heavy atom. The third kappa shape index (κ3) is 9.64. The lowest BCUT2D eigenvalue weighted by atomic mass is 9.98. The molecule has 0 saturated heterocycles. The molecule has 0 spiro atoms. The van der Waals surface area contributed by atoms with Crippen molar-refractivity contribution >= 4 is 22.2 Å². The van der Waals surface area contributed by atoms with Crippen LogP contribution in [-0.2, 0) is 31.0 Å². The molecule has 43 heavy (non-hydrogen) atoms. The molecular formula is C33H40N2O7S. The van der Waals surface area contributed by atoms with Crippen LogP contribution in [0.2, 0.25) is 0 Å². The number of rotatable bonds is 15. The maximum atomic E-state index is 13.1. The molecule has 4 rings (SSSR count). The first-order chi connectivity index (χ1) is 20.5. The zero-order valence-electron chi connectivity index (χ0n) is 24.7. The summed E-state index contributed by atoms with van der Waals surface area (Å²) >= 11 is 0. The number of hydrogen-bond donors (Lipinski definition) is 1. The second kappa shape index (κ2) is 14.6. The van der Waals surface area contributed by atoms with E-state index in [-0.39, 0.29) is 31.3 Å². The molecule has 1 atom stereocenters. The fourth-order valence-corrected chi connectivity index (χ4v) is 6.01. The molecule has 0 bridgehead atoms. The minimum atomic E-state index is -4.23. The van der Waals surface area contributed by atoms with Crippen LogP contribution in [0.1, 0.15) is 48.3 Å². The highest BCUT2D eigenvalue weighted by Crippen LogP contribution is 2.44. The van der Waals surface area contributed by atoms with Gasteiger partial charge in [-0.3, -0.25) is 0 Å². The third-order valence-electron chi connectivity index (χ3n) is 7.81. The number of quaternary nitrogens is 1. The molecule has 0 heterocycles. The summed E-state index contributed by atoms with van der Waals surface area (Å²) < 4.78 is 44.5. The van der Waals surface area contributed by atoms with Crippen molar-refractivity contribution in [2.24, 2.45) is 0 Å². The number of nitrogens with zero attached hydrogens (tertiary/aromatic N) is 1. The summed E-state index contributed by atoms with van der Waals surface area (Å²) in [6.07, 6.45) is 1.31. The molecule has 1 unspecified atom stereocenters. The van der Waals surface area contributed by atoms with Gasteiger partial charge in [0.25, 0.3) is 0 Å². The first-order valence-corrected chi connectivity index (χ1v) is 16.2. The Hall–Kier alpha value is -3.73. The zero-order chi connectivity index (χ0) is 30.9. The van der Waals surface area contributed by atoms with Gasteiger partial charge in [-0.2, -0.15) is 0 Å². The molecule has 9 nitrogen and oxygen atoms in total. The summed E-state index contributed by atoms with van der Waals surface area (Å²) in [5, 5.41) is 2.73. The lowest BCUT2D eigenvalue weighted by Gasteiger charge is -2.30. The quantitative estimate of drug-likeness (QED) is 0.114. The van der Waals surface area contributed by atoms with Crippen molar-refractivity contribution in [2.45, 2.75) is 44.2 Å². The van der Waals surface area contributed by atoms with E-state index in [0.717, 1.165) is 40.8 Å². The number of amides is 1. The fourth-order valence-electron chi connectivity index (χ4n) is 5.53. The number of ether oxygens (including phenoxy) is 2. The number of carbonyl (C=O) groups excluding carboxylic acids is 2. The standard InChI is InChI=1S/C33H40N2O7S/c1-35(2,21-12-22-43(38,39)40)20-11-10-19-31(32(36)41-23-25-13-4-3-5-14-25)34-33(37)42-24-30-28-17-8-6-15-26(28)27-16-7-9-18-29(27)30/h3-9,13-18,30-31H,10-12,19-24H2,1-2H3,(H-,34,37,38,39,40). The topological polar surface area (TPSA) is 122 Å². The van der Waals surface area contributed by atoms with Crippen molar-refractivity contribution in [3.8, 4) is 11.1 Å². The van der Waals surface area contributed by atoms with Gasteiger partial charge in [-0.1, -0.05) is 78.9 Å². The van der Waals surface area contributed by atoms with E-state index in [1.54, 1.807) is 0 Å². The van der Waals surface area contributed by atoms with Gasteiger partial charge in [0.15, 0.2) is 0 Å². The van der Waals surface area contributed by atoms with Crippen molar-refractivity contribution in [1.29, 1.82) is 0 Å². The van der Waals surface area contributed by atoms with Gasteiger partial charge in [0.1, 0.15) is 19.3 Å². The van der Waals surface area contributed by atoms with Crippen LogP contribution in [0.5, 0.6) is 0 Å². The lowest BCUT2D eigenvalue weighted by molar-refractivity contribution is -0.890. The summed E-state index contributed by atoms with van der Waals surface area (Å²) in [7, 11) is -0.292. The summed E-state index contributed by atoms with van der Waals surface area (Å²) in [4.78, 5) is 26.1. The largest absolute Gasteiger partial charge is 0.748 e. The number of nitrogens with one attached hydrogen (secondary N) is 1. The van der Waals surface area contributed by atoms with Crippen LogP contribution >= 0.6 is 0 Å². The van der Waals surface area contributed by atoms with Gasteiger partial charge in [0.2, 0.25) is 0 Å². The van der Waals surface area contributed by atoms with Crippen LogP contribution in [0.25, 0.3) is 11.1 Å². The van der Waals surface area contributed by atoms with E-state index < -0.39 is 28.2 Å². The number of benzene rings is 3. The van der Waals surface area contributed by atoms with Gasteiger partial charge < -0.3 is 23.8 Å². The van der Waals surface area contributed by atoms with Gasteiger partial charge in [-0.25, -0.2) is 18.0 Å². The summed E-state index contributed by atoms with van der Waals surface area (Å²) in [6, 6.07) is 24.6. The van der Waals surface area contributed by atoms with Crippen LogP contribution < -0.4 is 5.32 Å². The molecule has 1 amide bonds.